The molecule has 1 unspecified atom stereocenters. The van der Waals surface area contributed by atoms with Crippen LogP contribution in [0, 0.1) is 5.92 Å². The molecule has 0 spiro atoms. The molecule has 1 heterocycles. The minimum atomic E-state index is -1.71. The monoisotopic (exact) mass is 356 g/mol. The van der Waals surface area contributed by atoms with Gasteiger partial charge in [-0.2, -0.15) is 0 Å². The highest BCUT2D eigenvalue weighted by molar-refractivity contribution is 5.85. The van der Waals surface area contributed by atoms with Crippen LogP contribution in [-0.4, -0.2) is 69.3 Å². The van der Waals surface area contributed by atoms with E-state index in [4.69, 9.17) is 20.5 Å². The number of ether oxygens (including phenoxy) is 1. The predicted octanol–water partition coefficient (Wildman–Crippen LogP) is -0.968. The molecule has 0 saturated heterocycles. The highest BCUT2D eigenvalue weighted by Crippen LogP contribution is 2.29. The lowest BCUT2D eigenvalue weighted by atomic mass is 9.84. The van der Waals surface area contributed by atoms with E-state index in [1.807, 2.05) is 0 Å². The second kappa shape index (κ2) is 8.17. The summed E-state index contributed by atoms with van der Waals surface area (Å²) in [6.07, 6.45) is -1.41. The number of hydrogen-bond acceptors (Lipinski definition) is 7. The van der Waals surface area contributed by atoms with Crippen molar-refractivity contribution in [1.29, 1.82) is 0 Å². The fourth-order valence-electron chi connectivity index (χ4n) is 2.73. The molecule has 5 atom stereocenters. The highest BCUT2D eigenvalue weighted by atomic mass is 16.5. The first kappa shape index (κ1) is 19.0. The summed E-state index contributed by atoms with van der Waals surface area (Å²) in [5.74, 6) is -2.59. The molecule has 0 aromatic carbocycles. The van der Waals surface area contributed by atoms with E-state index in [1.165, 1.54) is 0 Å². The van der Waals surface area contributed by atoms with Gasteiger partial charge >= 0.3 is 5.97 Å². The van der Waals surface area contributed by atoms with Gasteiger partial charge in [0, 0.05) is 10.8 Å². The number of aliphatic hydroxyl groups is 3. The lowest BCUT2D eigenvalue weighted by molar-refractivity contribution is -0.146. The normalized spacial score (nSPS) is 28.4. The van der Waals surface area contributed by atoms with Crippen molar-refractivity contribution < 1.29 is 34.8 Å². The second-order valence-corrected chi connectivity index (χ2v) is 6.02. The summed E-state index contributed by atoms with van der Waals surface area (Å²) in [5, 5.41) is 44.1. The minimum absolute atomic E-state index is 0.211. The Bertz CT molecular complexity index is 600. The van der Waals surface area contributed by atoms with Crippen LogP contribution in [0.5, 0.6) is 0 Å². The second-order valence-electron chi connectivity index (χ2n) is 6.02. The van der Waals surface area contributed by atoms with Crippen LogP contribution in [0.2, 0.25) is 0 Å². The molecular weight excluding hydrogens is 336 g/mol. The standard InChI is InChI=1S/C14H20N4O7/c15-18-17-7-4-9(14(23)24)25-12(11(21)8(20)5-19)10(7)16-13(22)6-2-1-3-6/h4,6-8,10-12,19-21H,1-3,5H2,(H,16,22)(H,23,24)/t7?,8-,10-,11-,12-/m1/s1. The van der Waals surface area contributed by atoms with Crippen molar-refractivity contribution in [2.24, 2.45) is 11.0 Å². The Labute approximate surface area is 142 Å². The van der Waals surface area contributed by atoms with Crippen LogP contribution in [0.1, 0.15) is 19.3 Å². The lowest BCUT2D eigenvalue weighted by Crippen LogP contribution is -2.60. The molecule has 138 valence electrons. The number of carboxylic acid groups (broad SMARTS) is 1. The number of azide groups is 1. The molecule has 25 heavy (non-hydrogen) atoms. The van der Waals surface area contributed by atoms with Gasteiger partial charge in [-0.1, -0.05) is 11.5 Å². The molecule has 1 aliphatic carbocycles. The third kappa shape index (κ3) is 4.20. The van der Waals surface area contributed by atoms with Crippen LogP contribution in [0.25, 0.3) is 10.4 Å². The summed E-state index contributed by atoms with van der Waals surface area (Å²) in [4.78, 5) is 26.1. The summed E-state index contributed by atoms with van der Waals surface area (Å²) < 4.78 is 5.20. The molecule has 1 saturated carbocycles. The first-order valence-corrected chi connectivity index (χ1v) is 7.82. The molecule has 11 heteroatoms. The van der Waals surface area contributed by atoms with Crippen molar-refractivity contribution in [3.05, 3.63) is 22.3 Å². The van der Waals surface area contributed by atoms with Crippen molar-refractivity contribution in [2.45, 2.75) is 49.7 Å². The maximum atomic E-state index is 12.2. The lowest BCUT2D eigenvalue weighted by Gasteiger charge is -2.39. The topological polar surface area (TPSA) is 185 Å². The van der Waals surface area contributed by atoms with Gasteiger partial charge in [0.05, 0.1) is 18.7 Å². The number of nitrogens with one attached hydrogen (secondary N) is 1. The molecule has 0 aromatic rings. The van der Waals surface area contributed by atoms with Gasteiger partial charge in [-0.05, 0) is 24.4 Å². The Morgan fingerprint density at radius 3 is 2.60 bits per heavy atom. The summed E-state index contributed by atoms with van der Waals surface area (Å²) >= 11 is 0. The zero-order valence-corrected chi connectivity index (χ0v) is 13.2. The van der Waals surface area contributed by atoms with E-state index in [1.54, 1.807) is 0 Å². The van der Waals surface area contributed by atoms with Gasteiger partial charge in [-0.15, -0.1) is 0 Å². The highest BCUT2D eigenvalue weighted by Gasteiger charge is 2.44. The van der Waals surface area contributed by atoms with E-state index < -0.39 is 48.7 Å². The van der Waals surface area contributed by atoms with Crippen LogP contribution in [0.3, 0.4) is 0 Å². The number of carbonyl (C=O) groups is 2. The molecular formula is C14H20N4O7. The van der Waals surface area contributed by atoms with Crippen LogP contribution < -0.4 is 5.32 Å². The average Bonchev–Trinajstić information content (AvgIpc) is 2.53. The Hall–Kier alpha value is -2.33. The van der Waals surface area contributed by atoms with Crippen LogP contribution in [0.15, 0.2) is 16.9 Å². The summed E-state index contributed by atoms with van der Waals surface area (Å²) in [6, 6.07) is -2.23. The minimum Gasteiger partial charge on any atom is -0.478 e. The molecule has 1 fully saturated rings. The van der Waals surface area contributed by atoms with Gasteiger partial charge < -0.3 is 30.5 Å². The number of nitrogens with zero attached hydrogens (tertiary/aromatic N) is 3. The molecule has 1 aliphatic heterocycles. The van der Waals surface area contributed by atoms with Gasteiger partial charge in [0.15, 0.2) is 0 Å². The number of rotatable bonds is 7. The number of hydrogen-bond donors (Lipinski definition) is 5. The molecule has 1 amide bonds. The van der Waals surface area contributed by atoms with E-state index in [2.05, 4.69) is 15.3 Å². The van der Waals surface area contributed by atoms with E-state index >= 15 is 0 Å². The summed E-state index contributed by atoms with van der Waals surface area (Å²) in [5.41, 5.74) is 8.72. The first-order chi connectivity index (χ1) is 11.9. The summed E-state index contributed by atoms with van der Waals surface area (Å²) in [6.45, 7) is -0.803. The van der Waals surface area contributed by atoms with Crippen molar-refractivity contribution in [3.8, 4) is 0 Å². The van der Waals surface area contributed by atoms with E-state index in [9.17, 15) is 19.8 Å². The molecule has 0 radical (unpaired) electrons. The zero-order valence-electron chi connectivity index (χ0n) is 13.2. The van der Waals surface area contributed by atoms with E-state index in [0.29, 0.717) is 12.8 Å². The average molecular weight is 356 g/mol. The fraction of sp³-hybridized carbons (Fsp3) is 0.714. The Morgan fingerprint density at radius 2 is 2.12 bits per heavy atom. The number of aliphatic carboxylic acids is 1. The Kier molecular flexibility index (Phi) is 6.21. The van der Waals surface area contributed by atoms with Crippen LogP contribution >= 0.6 is 0 Å². The van der Waals surface area contributed by atoms with Crippen LogP contribution in [0.4, 0.5) is 0 Å². The zero-order chi connectivity index (χ0) is 18.6. The third-order valence-electron chi connectivity index (χ3n) is 4.41. The third-order valence-corrected chi connectivity index (χ3v) is 4.41. The number of carboxylic acids is 1. The molecule has 2 aliphatic rings. The van der Waals surface area contributed by atoms with Gasteiger partial charge in [-0.3, -0.25) is 4.79 Å². The van der Waals surface area contributed by atoms with Crippen molar-refractivity contribution in [3.63, 3.8) is 0 Å². The van der Waals surface area contributed by atoms with Crippen LogP contribution in [-0.2, 0) is 14.3 Å². The fourth-order valence-corrected chi connectivity index (χ4v) is 2.73. The maximum Gasteiger partial charge on any atom is 0.370 e. The molecule has 2 rings (SSSR count). The Balaban J connectivity index is 2.32. The first-order valence-electron chi connectivity index (χ1n) is 7.82. The SMILES string of the molecule is [N-]=[N+]=NC1C=C(C(=O)O)O[C@@H]([C@H](O)[C@H](O)CO)[C@@H]1NC(=O)C1CCC1. The molecule has 5 N–H and O–H groups in total. The van der Waals surface area contributed by atoms with Crippen molar-refractivity contribution in [1.82, 2.24) is 5.32 Å². The van der Waals surface area contributed by atoms with Gasteiger partial charge in [0.25, 0.3) is 0 Å². The van der Waals surface area contributed by atoms with Gasteiger partial charge in [0.2, 0.25) is 11.7 Å². The molecule has 0 bridgehead atoms. The molecule has 0 aromatic heterocycles. The quantitative estimate of drug-likeness (QED) is 0.220. The van der Waals surface area contributed by atoms with E-state index in [-0.39, 0.29) is 11.8 Å². The number of aliphatic hydroxyl groups excluding tert-OH is 3. The van der Waals surface area contributed by atoms with Crippen molar-refractivity contribution in [2.75, 3.05) is 6.61 Å². The molecule has 11 nitrogen and oxygen atoms in total. The Morgan fingerprint density at radius 1 is 1.44 bits per heavy atom. The van der Waals surface area contributed by atoms with Crippen molar-refractivity contribution >= 4 is 11.9 Å². The van der Waals surface area contributed by atoms with Gasteiger partial charge in [-0.25, -0.2) is 4.79 Å². The number of carbonyl (C=O) groups excluding carboxylic acids is 1. The summed E-state index contributed by atoms with van der Waals surface area (Å²) in [7, 11) is 0. The maximum absolute atomic E-state index is 12.2. The smallest absolute Gasteiger partial charge is 0.370 e. The predicted molar refractivity (Wildman–Crippen MR) is 81.9 cm³/mol. The number of amides is 1. The van der Waals surface area contributed by atoms with Gasteiger partial charge in [0.1, 0.15) is 18.3 Å². The van der Waals surface area contributed by atoms with E-state index in [0.717, 1.165) is 12.5 Å². The largest absolute Gasteiger partial charge is 0.478 e.